The predicted molar refractivity (Wildman–Crippen MR) is 113 cm³/mol. The minimum Gasteiger partial charge on any atom is -0.354 e. The first-order chi connectivity index (χ1) is 12.7. The Kier molecular flexibility index (Phi) is 8.29. The largest absolute Gasteiger partial charge is 0.354 e. The first-order valence-corrected chi connectivity index (χ1v) is 9.49. The second kappa shape index (κ2) is 10.5. The van der Waals surface area contributed by atoms with Crippen molar-refractivity contribution in [2.75, 3.05) is 26.2 Å². The molecule has 27 heavy (non-hydrogen) atoms. The van der Waals surface area contributed by atoms with E-state index >= 15 is 0 Å². The molecule has 1 aliphatic heterocycles. The maximum atomic E-state index is 12.6. The molecule has 1 saturated heterocycles. The summed E-state index contributed by atoms with van der Waals surface area (Å²) in [5.41, 5.74) is 8.58. The van der Waals surface area contributed by atoms with E-state index in [0.29, 0.717) is 24.9 Å². The van der Waals surface area contributed by atoms with E-state index in [2.05, 4.69) is 46.6 Å². The molecule has 0 radical (unpaired) electrons. The molecule has 1 amide bonds. The molecule has 4 nitrogen and oxygen atoms in total. The van der Waals surface area contributed by atoms with Gasteiger partial charge in [0.25, 0.3) is 0 Å². The summed E-state index contributed by atoms with van der Waals surface area (Å²) >= 11 is 0. The molecule has 1 unspecified atom stereocenters. The van der Waals surface area contributed by atoms with Gasteiger partial charge in [0, 0.05) is 25.6 Å². The molecule has 0 saturated carbocycles. The lowest BCUT2D eigenvalue weighted by Gasteiger charge is -2.23. The number of carbonyl (C=O) groups is 1. The number of likely N-dealkylation sites (tertiary alicyclic amines) is 1. The first kappa shape index (κ1) is 21.4. The Morgan fingerprint density at radius 1 is 1.11 bits per heavy atom. The quantitative estimate of drug-likeness (QED) is 0.768. The van der Waals surface area contributed by atoms with Crippen LogP contribution in [0.25, 0.3) is 0 Å². The third-order valence-electron chi connectivity index (χ3n) is 5.48. The Balaban J connectivity index is 0.00000261. The fraction of sp³-hybridized carbons (Fsp3) is 0.409. The Morgan fingerprint density at radius 3 is 2.37 bits per heavy atom. The summed E-state index contributed by atoms with van der Waals surface area (Å²) in [6, 6.07) is 20.6. The van der Waals surface area contributed by atoms with Crippen molar-refractivity contribution in [3.8, 4) is 0 Å². The van der Waals surface area contributed by atoms with Crippen LogP contribution in [-0.4, -0.2) is 43.0 Å². The summed E-state index contributed by atoms with van der Waals surface area (Å²) < 4.78 is 0. The summed E-state index contributed by atoms with van der Waals surface area (Å²) in [6.07, 6.45) is 0.858. The Hall–Kier alpha value is -1.88. The molecule has 0 aromatic heterocycles. The average Bonchev–Trinajstić information content (AvgIpc) is 3.13. The van der Waals surface area contributed by atoms with Crippen molar-refractivity contribution in [1.29, 1.82) is 0 Å². The molecule has 5 heteroatoms. The van der Waals surface area contributed by atoms with Crippen LogP contribution in [0.5, 0.6) is 0 Å². The zero-order chi connectivity index (χ0) is 18.4. The minimum atomic E-state index is -0.131. The van der Waals surface area contributed by atoms with Gasteiger partial charge in [0.05, 0.1) is 6.04 Å². The van der Waals surface area contributed by atoms with Crippen LogP contribution >= 0.6 is 12.4 Å². The Labute approximate surface area is 168 Å². The highest BCUT2D eigenvalue weighted by Gasteiger charge is 2.36. The third-order valence-corrected chi connectivity index (χ3v) is 5.48. The number of halogens is 1. The fourth-order valence-corrected chi connectivity index (χ4v) is 3.83. The molecule has 3 N–H and O–H groups in total. The van der Waals surface area contributed by atoms with E-state index in [0.717, 1.165) is 19.5 Å². The molecule has 146 valence electrons. The molecule has 2 aromatic carbocycles. The van der Waals surface area contributed by atoms with Gasteiger partial charge in [-0.1, -0.05) is 60.7 Å². The molecule has 3 rings (SSSR count). The molecule has 2 aromatic rings. The fourth-order valence-electron chi connectivity index (χ4n) is 3.83. The van der Waals surface area contributed by atoms with Gasteiger partial charge in [0.1, 0.15) is 0 Å². The van der Waals surface area contributed by atoms with Crippen LogP contribution in [0, 0.1) is 5.92 Å². The van der Waals surface area contributed by atoms with E-state index in [-0.39, 0.29) is 24.4 Å². The SMILES string of the molecule is CC(C(=O)NCCc1ccccc1)N1C[C@@H](CN)[C@H](c2ccccc2)C1.Cl. The maximum Gasteiger partial charge on any atom is 0.237 e. The molecular weight excluding hydrogens is 358 g/mol. The Bertz CT molecular complexity index is 695. The van der Waals surface area contributed by atoms with Crippen molar-refractivity contribution in [3.05, 3.63) is 71.8 Å². The topological polar surface area (TPSA) is 58.4 Å². The van der Waals surface area contributed by atoms with Gasteiger partial charge in [0.15, 0.2) is 0 Å². The first-order valence-electron chi connectivity index (χ1n) is 9.49. The zero-order valence-corrected chi connectivity index (χ0v) is 16.7. The molecule has 0 spiro atoms. The highest BCUT2D eigenvalue weighted by atomic mass is 35.5. The van der Waals surface area contributed by atoms with Crippen molar-refractivity contribution in [2.45, 2.75) is 25.3 Å². The van der Waals surface area contributed by atoms with Crippen molar-refractivity contribution in [1.82, 2.24) is 10.2 Å². The number of nitrogens with two attached hydrogens (primary N) is 1. The number of hydrogen-bond donors (Lipinski definition) is 2. The van der Waals surface area contributed by atoms with Crippen molar-refractivity contribution in [3.63, 3.8) is 0 Å². The highest BCUT2D eigenvalue weighted by Crippen LogP contribution is 2.33. The van der Waals surface area contributed by atoms with Gasteiger partial charge in [-0.25, -0.2) is 0 Å². The summed E-state index contributed by atoms with van der Waals surface area (Å²) in [5, 5.41) is 3.08. The number of nitrogens with one attached hydrogen (secondary N) is 1. The lowest BCUT2D eigenvalue weighted by Crippen LogP contribution is -2.45. The van der Waals surface area contributed by atoms with Gasteiger partial charge in [-0.05, 0) is 36.9 Å². The second-order valence-corrected chi connectivity index (χ2v) is 7.17. The maximum absolute atomic E-state index is 12.6. The summed E-state index contributed by atoms with van der Waals surface area (Å²) in [4.78, 5) is 14.8. The molecule has 1 aliphatic rings. The van der Waals surface area contributed by atoms with Crippen molar-refractivity contribution < 1.29 is 4.79 Å². The summed E-state index contributed by atoms with van der Waals surface area (Å²) in [5.74, 6) is 0.906. The third kappa shape index (κ3) is 5.55. The van der Waals surface area contributed by atoms with E-state index in [1.165, 1.54) is 11.1 Å². The highest BCUT2D eigenvalue weighted by molar-refractivity contribution is 5.85. The molecule has 1 fully saturated rings. The standard InChI is InChI=1S/C22H29N3O.ClH/c1-17(22(26)24-13-12-18-8-4-2-5-9-18)25-15-20(14-23)21(16-25)19-10-6-3-7-11-19;/h2-11,17,20-21H,12-16,23H2,1H3,(H,24,26);1H/t17?,20-,21+;/m1./s1. The van der Waals surface area contributed by atoms with E-state index in [4.69, 9.17) is 5.73 Å². The number of hydrogen-bond acceptors (Lipinski definition) is 3. The number of nitrogens with zero attached hydrogens (tertiary/aromatic N) is 1. The van der Waals surface area contributed by atoms with Gasteiger partial charge < -0.3 is 11.1 Å². The average molecular weight is 388 g/mol. The van der Waals surface area contributed by atoms with Gasteiger partial charge >= 0.3 is 0 Å². The van der Waals surface area contributed by atoms with Crippen LogP contribution in [-0.2, 0) is 11.2 Å². The smallest absolute Gasteiger partial charge is 0.237 e. The number of amides is 1. The van der Waals surface area contributed by atoms with E-state index in [1.807, 2.05) is 31.2 Å². The molecule has 0 aliphatic carbocycles. The number of benzene rings is 2. The lowest BCUT2D eigenvalue weighted by atomic mass is 9.89. The van der Waals surface area contributed by atoms with E-state index in [9.17, 15) is 4.79 Å². The monoisotopic (exact) mass is 387 g/mol. The van der Waals surface area contributed by atoms with E-state index < -0.39 is 0 Å². The molecule has 0 bridgehead atoms. The van der Waals surface area contributed by atoms with Crippen molar-refractivity contribution in [2.24, 2.45) is 11.7 Å². The van der Waals surface area contributed by atoms with Gasteiger partial charge in [-0.15, -0.1) is 12.4 Å². The number of carbonyl (C=O) groups excluding carboxylic acids is 1. The second-order valence-electron chi connectivity index (χ2n) is 7.17. The van der Waals surface area contributed by atoms with Crippen LogP contribution < -0.4 is 11.1 Å². The van der Waals surface area contributed by atoms with Gasteiger partial charge in [-0.2, -0.15) is 0 Å². The summed E-state index contributed by atoms with van der Waals surface area (Å²) in [6.45, 7) is 5.09. The van der Waals surface area contributed by atoms with Crippen LogP contribution in [0.1, 0.15) is 24.0 Å². The normalized spacial score (nSPS) is 20.7. The van der Waals surface area contributed by atoms with Crippen LogP contribution in [0.2, 0.25) is 0 Å². The van der Waals surface area contributed by atoms with Crippen LogP contribution in [0.4, 0.5) is 0 Å². The van der Waals surface area contributed by atoms with Crippen molar-refractivity contribution >= 4 is 18.3 Å². The number of rotatable bonds is 7. The van der Waals surface area contributed by atoms with Crippen LogP contribution in [0.15, 0.2) is 60.7 Å². The molecule has 3 atom stereocenters. The Morgan fingerprint density at radius 2 is 1.74 bits per heavy atom. The lowest BCUT2D eigenvalue weighted by molar-refractivity contribution is -0.125. The molecule has 1 heterocycles. The summed E-state index contributed by atoms with van der Waals surface area (Å²) in [7, 11) is 0. The molecular formula is C22H30ClN3O. The van der Waals surface area contributed by atoms with E-state index in [1.54, 1.807) is 0 Å². The van der Waals surface area contributed by atoms with Gasteiger partial charge in [-0.3, -0.25) is 9.69 Å². The minimum absolute atomic E-state index is 0. The van der Waals surface area contributed by atoms with Gasteiger partial charge in [0.2, 0.25) is 5.91 Å². The predicted octanol–water partition coefficient (Wildman–Crippen LogP) is 2.83. The zero-order valence-electron chi connectivity index (χ0n) is 15.9. The van der Waals surface area contributed by atoms with Crippen LogP contribution in [0.3, 0.4) is 0 Å².